The van der Waals surface area contributed by atoms with Crippen molar-refractivity contribution in [1.29, 1.82) is 0 Å². The van der Waals surface area contributed by atoms with Crippen LogP contribution in [0.2, 0.25) is 0 Å². The number of carbonyl (C=O) groups is 1. The molecule has 1 aromatic heterocycles. The summed E-state index contributed by atoms with van der Waals surface area (Å²) in [6, 6.07) is 5.22. The van der Waals surface area contributed by atoms with Crippen LogP contribution < -0.4 is 0 Å². The number of hydrogen-bond donors (Lipinski definition) is 1. The zero-order valence-electron chi connectivity index (χ0n) is 11.8. The number of carboxylic acids is 1. The second kappa shape index (κ2) is 4.90. The number of benzene rings is 1. The predicted molar refractivity (Wildman–Crippen MR) is 77.2 cm³/mol. The first-order chi connectivity index (χ1) is 9.56. The maximum absolute atomic E-state index is 11.1. The summed E-state index contributed by atoms with van der Waals surface area (Å²) in [5.41, 5.74) is 2.14. The molecule has 0 bridgehead atoms. The van der Waals surface area contributed by atoms with Crippen LogP contribution in [0.1, 0.15) is 34.9 Å². The molecule has 0 spiro atoms. The molecule has 1 aliphatic rings. The van der Waals surface area contributed by atoms with E-state index in [0.717, 1.165) is 29.9 Å². The number of likely N-dealkylation sites (N-methyl/N-ethyl adjacent to an activating group) is 1. The molecule has 0 saturated heterocycles. The number of aromatic carboxylic acids is 1. The number of hydrogen-bond acceptors (Lipinski definition) is 3. The standard InChI is InChI=1S/C15H19N3O2/c1-17(2)7-8-18-13-6-5-11(15(19)20)9-12(13)16-14(18)10-3-4-10/h5-6,9-10H,3-4,7-8H2,1-2H3,(H,19,20). The molecule has 5 heteroatoms. The minimum Gasteiger partial charge on any atom is -0.478 e. The lowest BCUT2D eigenvalue weighted by Crippen LogP contribution is -2.19. The molecule has 1 N–H and O–H groups in total. The average molecular weight is 273 g/mol. The van der Waals surface area contributed by atoms with E-state index in [1.54, 1.807) is 12.1 Å². The van der Waals surface area contributed by atoms with E-state index in [2.05, 4.69) is 28.5 Å². The maximum Gasteiger partial charge on any atom is 0.335 e. The highest BCUT2D eigenvalue weighted by Gasteiger charge is 2.29. The van der Waals surface area contributed by atoms with E-state index < -0.39 is 5.97 Å². The van der Waals surface area contributed by atoms with Gasteiger partial charge in [0.25, 0.3) is 0 Å². The van der Waals surface area contributed by atoms with Gasteiger partial charge in [0, 0.05) is 19.0 Å². The van der Waals surface area contributed by atoms with Gasteiger partial charge in [0.1, 0.15) is 5.82 Å². The summed E-state index contributed by atoms with van der Waals surface area (Å²) in [6.45, 7) is 1.84. The topological polar surface area (TPSA) is 58.4 Å². The van der Waals surface area contributed by atoms with Crippen LogP contribution in [0.4, 0.5) is 0 Å². The molecule has 1 saturated carbocycles. The van der Waals surface area contributed by atoms with Crippen LogP contribution in [-0.2, 0) is 6.54 Å². The Labute approximate surface area is 117 Å². The molecule has 1 fully saturated rings. The van der Waals surface area contributed by atoms with Crippen molar-refractivity contribution in [2.24, 2.45) is 0 Å². The number of nitrogens with zero attached hydrogens (tertiary/aromatic N) is 3. The van der Waals surface area contributed by atoms with Gasteiger partial charge in [0.05, 0.1) is 16.6 Å². The highest BCUT2D eigenvalue weighted by Crippen LogP contribution is 2.40. The molecule has 0 amide bonds. The number of aromatic nitrogens is 2. The number of rotatable bonds is 5. The smallest absolute Gasteiger partial charge is 0.335 e. The third-order valence-corrected chi connectivity index (χ3v) is 3.74. The Morgan fingerprint density at radius 1 is 1.45 bits per heavy atom. The van der Waals surface area contributed by atoms with Crippen LogP contribution in [0.15, 0.2) is 18.2 Å². The average Bonchev–Trinajstić information content (AvgIpc) is 3.17. The third-order valence-electron chi connectivity index (χ3n) is 3.74. The van der Waals surface area contributed by atoms with Crippen molar-refractivity contribution in [2.45, 2.75) is 25.3 Å². The minimum absolute atomic E-state index is 0.303. The fourth-order valence-electron chi connectivity index (χ4n) is 2.47. The first-order valence-corrected chi connectivity index (χ1v) is 6.94. The lowest BCUT2D eigenvalue weighted by Gasteiger charge is -2.13. The quantitative estimate of drug-likeness (QED) is 0.907. The van der Waals surface area contributed by atoms with Crippen LogP contribution in [0.5, 0.6) is 0 Å². The lowest BCUT2D eigenvalue weighted by atomic mass is 10.2. The Morgan fingerprint density at radius 2 is 2.20 bits per heavy atom. The Kier molecular flexibility index (Phi) is 3.22. The van der Waals surface area contributed by atoms with Crippen LogP contribution >= 0.6 is 0 Å². The van der Waals surface area contributed by atoms with Crippen molar-refractivity contribution in [3.8, 4) is 0 Å². The molecular weight excluding hydrogens is 254 g/mol. The number of imidazole rings is 1. The molecule has 1 aliphatic carbocycles. The lowest BCUT2D eigenvalue weighted by molar-refractivity contribution is 0.0697. The summed E-state index contributed by atoms with van der Waals surface area (Å²) >= 11 is 0. The van der Waals surface area contributed by atoms with Crippen LogP contribution in [0.25, 0.3) is 11.0 Å². The van der Waals surface area contributed by atoms with Crippen molar-refractivity contribution in [3.63, 3.8) is 0 Å². The number of fused-ring (bicyclic) bond motifs is 1. The fraction of sp³-hybridized carbons (Fsp3) is 0.467. The molecule has 2 aromatic rings. The number of carboxylic acid groups (broad SMARTS) is 1. The summed E-state index contributed by atoms with van der Waals surface area (Å²) < 4.78 is 2.25. The summed E-state index contributed by atoms with van der Waals surface area (Å²) in [5.74, 6) is 0.768. The highest BCUT2D eigenvalue weighted by molar-refractivity contribution is 5.92. The second-order valence-electron chi connectivity index (χ2n) is 5.71. The van der Waals surface area contributed by atoms with Crippen LogP contribution in [0.3, 0.4) is 0 Å². The molecular formula is C15H19N3O2. The first-order valence-electron chi connectivity index (χ1n) is 6.94. The Bertz CT molecular complexity index is 656. The van der Waals surface area contributed by atoms with Gasteiger partial charge in [-0.3, -0.25) is 0 Å². The van der Waals surface area contributed by atoms with Crippen molar-refractivity contribution in [1.82, 2.24) is 14.5 Å². The van der Waals surface area contributed by atoms with Gasteiger partial charge >= 0.3 is 5.97 Å². The molecule has 5 nitrogen and oxygen atoms in total. The Hall–Kier alpha value is -1.88. The zero-order valence-corrected chi connectivity index (χ0v) is 11.8. The van der Waals surface area contributed by atoms with Gasteiger partial charge in [-0.1, -0.05) is 0 Å². The van der Waals surface area contributed by atoms with Gasteiger partial charge in [-0.25, -0.2) is 9.78 Å². The normalized spacial score (nSPS) is 15.2. The van der Waals surface area contributed by atoms with Gasteiger partial charge in [-0.05, 0) is 45.1 Å². The molecule has 3 rings (SSSR count). The Morgan fingerprint density at radius 3 is 2.80 bits per heavy atom. The van der Waals surface area contributed by atoms with E-state index in [1.807, 2.05) is 6.07 Å². The van der Waals surface area contributed by atoms with E-state index in [1.165, 1.54) is 12.8 Å². The fourth-order valence-corrected chi connectivity index (χ4v) is 2.47. The van der Waals surface area contributed by atoms with Crippen molar-refractivity contribution >= 4 is 17.0 Å². The van der Waals surface area contributed by atoms with Gasteiger partial charge in [-0.2, -0.15) is 0 Å². The second-order valence-corrected chi connectivity index (χ2v) is 5.71. The molecule has 1 aromatic carbocycles. The molecule has 0 atom stereocenters. The monoisotopic (exact) mass is 273 g/mol. The van der Waals surface area contributed by atoms with E-state index in [0.29, 0.717) is 11.5 Å². The van der Waals surface area contributed by atoms with Gasteiger partial charge in [-0.15, -0.1) is 0 Å². The van der Waals surface area contributed by atoms with Crippen molar-refractivity contribution in [3.05, 3.63) is 29.6 Å². The van der Waals surface area contributed by atoms with Crippen LogP contribution in [-0.4, -0.2) is 46.2 Å². The molecule has 0 unspecified atom stereocenters. The summed E-state index contributed by atoms with van der Waals surface area (Å²) in [6.07, 6.45) is 2.38. The third kappa shape index (κ3) is 2.41. The largest absolute Gasteiger partial charge is 0.478 e. The molecule has 1 heterocycles. The van der Waals surface area contributed by atoms with Gasteiger partial charge in [0.2, 0.25) is 0 Å². The highest BCUT2D eigenvalue weighted by atomic mass is 16.4. The van der Waals surface area contributed by atoms with E-state index in [4.69, 9.17) is 5.11 Å². The van der Waals surface area contributed by atoms with Gasteiger partial charge in [0.15, 0.2) is 0 Å². The zero-order chi connectivity index (χ0) is 14.3. The minimum atomic E-state index is -0.900. The Balaban J connectivity index is 2.05. The van der Waals surface area contributed by atoms with E-state index in [-0.39, 0.29) is 0 Å². The van der Waals surface area contributed by atoms with E-state index in [9.17, 15) is 4.79 Å². The molecule has 106 valence electrons. The summed E-state index contributed by atoms with van der Waals surface area (Å²) in [7, 11) is 4.11. The predicted octanol–water partition coefficient (Wildman–Crippen LogP) is 2.17. The SMILES string of the molecule is CN(C)CCn1c(C2CC2)nc2cc(C(=O)O)ccc21. The van der Waals surface area contributed by atoms with Crippen molar-refractivity contribution in [2.75, 3.05) is 20.6 Å². The molecule has 20 heavy (non-hydrogen) atoms. The molecule has 0 radical (unpaired) electrons. The van der Waals surface area contributed by atoms with E-state index >= 15 is 0 Å². The van der Waals surface area contributed by atoms with Crippen LogP contribution in [0, 0.1) is 0 Å². The van der Waals surface area contributed by atoms with Gasteiger partial charge < -0.3 is 14.6 Å². The summed E-state index contributed by atoms with van der Waals surface area (Å²) in [5, 5.41) is 9.08. The maximum atomic E-state index is 11.1. The van der Waals surface area contributed by atoms with Crippen molar-refractivity contribution < 1.29 is 9.90 Å². The summed E-state index contributed by atoms with van der Waals surface area (Å²) in [4.78, 5) is 17.9. The molecule has 0 aliphatic heterocycles. The first kappa shape index (κ1) is 13.1.